The first-order chi connectivity index (χ1) is 14.0. The number of benzene rings is 1. The van der Waals surface area contributed by atoms with Crippen LogP contribution in [-0.4, -0.2) is 63.9 Å². The van der Waals surface area contributed by atoms with Crippen LogP contribution in [0.15, 0.2) is 24.4 Å². The molecule has 1 atom stereocenters. The summed E-state index contributed by atoms with van der Waals surface area (Å²) in [5.74, 6) is 1.69. The summed E-state index contributed by atoms with van der Waals surface area (Å²) in [4.78, 5) is 25.3. The highest BCUT2D eigenvalue weighted by atomic mass is 16.5. The van der Waals surface area contributed by atoms with Crippen LogP contribution in [0.3, 0.4) is 0 Å². The van der Waals surface area contributed by atoms with Crippen molar-refractivity contribution in [3.05, 3.63) is 30.0 Å². The van der Waals surface area contributed by atoms with E-state index < -0.39 is 0 Å². The number of anilines is 3. The van der Waals surface area contributed by atoms with Crippen molar-refractivity contribution in [2.45, 2.75) is 19.9 Å². The van der Waals surface area contributed by atoms with E-state index in [1.807, 2.05) is 30.0 Å². The van der Waals surface area contributed by atoms with E-state index in [9.17, 15) is 4.79 Å². The minimum Gasteiger partial charge on any atom is -0.497 e. The van der Waals surface area contributed by atoms with Gasteiger partial charge >= 0.3 is 6.03 Å². The van der Waals surface area contributed by atoms with Gasteiger partial charge in [-0.25, -0.2) is 4.79 Å². The number of aromatic nitrogens is 4. The molecular formula is C19H24N8O2. The zero-order valence-electron chi connectivity index (χ0n) is 16.6. The molecule has 0 aliphatic carbocycles. The average Bonchev–Trinajstić information content (AvgIpc) is 3.17. The molecule has 10 heteroatoms. The lowest BCUT2D eigenvalue weighted by atomic mass is 10.1. The summed E-state index contributed by atoms with van der Waals surface area (Å²) < 4.78 is 5.22. The monoisotopic (exact) mass is 396 g/mol. The van der Waals surface area contributed by atoms with Crippen molar-refractivity contribution in [1.29, 1.82) is 0 Å². The van der Waals surface area contributed by atoms with Gasteiger partial charge in [0.05, 0.1) is 18.7 Å². The van der Waals surface area contributed by atoms with E-state index in [1.165, 1.54) is 0 Å². The Balaban J connectivity index is 1.47. The number of ether oxygens (including phenoxy) is 1. The molecule has 0 spiro atoms. The molecule has 3 heterocycles. The number of amides is 2. The molecule has 2 amide bonds. The van der Waals surface area contributed by atoms with E-state index in [4.69, 9.17) is 10.5 Å². The minimum atomic E-state index is -0.125. The zero-order chi connectivity index (χ0) is 20.5. The fourth-order valence-corrected chi connectivity index (χ4v) is 3.61. The van der Waals surface area contributed by atoms with Crippen molar-refractivity contribution in [2.75, 3.05) is 42.7 Å². The van der Waals surface area contributed by atoms with Gasteiger partial charge in [0.2, 0.25) is 5.95 Å². The lowest BCUT2D eigenvalue weighted by Crippen LogP contribution is -2.55. The third-order valence-electron chi connectivity index (χ3n) is 5.17. The smallest absolute Gasteiger partial charge is 0.321 e. The molecule has 2 aromatic heterocycles. The Bertz CT molecular complexity index is 1050. The molecule has 0 unspecified atom stereocenters. The van der Waals surface area contributed by atoms with Crippen LogP contribution in [0.25, 0.3) is 11.0 Å². The number of piperazine rings is 1. The summed E-state index contributed by atoms with van der Waals surface area (Å²) in [6, 6.07) is 5.51. The van der Waals surface area contributed by atoms with Crippen LogP contribution >= 0.6 is 0 Å². The van der Waals surface area contributed by atoms with E-state index in [1.54, 1.807) is 13.3 Å². The molecule has 0 bridgehead atoms. The van der Waals surface area contributed by atoms with Gasteiger partial charge in [-0.2, -0.15) is 15.1 Å². The van der Waals surface area contributed by atoms with Gasteiger partial charge in [-0.1, -0.05) is 0 Å². The van der Waals surface area contributed by atoms with Crippen LogP contribution in [0.1, 0.15) is 12.5 Å². The van der Waals surface area contributed by atoms with Gasteiger partial charge in [0, 0.05) is 31.4 Å². The van der Waals surface area contributed by atoms with Crippen LogP contribution in [0, 0.1) is 6.92 Å². The summed E-state index contributed by atoms with van der Waals surface area (Å²) in [6.45, 7) is 5.75. The second kappa shape index (κ2) is 7.46. The van der Waals surface area contributed by atoms with Gasteiger partial charge < -0.3 is 25.6 Å². The van der Waals surface area contributed by atoms with Crippen molar-refractivity contribution in [2.24, 2.45) is 0 Å². The number of carbonyl (C=O) groups excluding carboxylic acids is 1. The maximum absolute atomic E-state index is 12.8. The molecule has 3 aromatic rings. The quantitative estimate of drug-likeness (QED) is 0.618. The average molecular weight is 396 g/mol. The first-order valence-electron chi connectivity index (χ1n) is 9.40. The van der Waals surface area contributed by atoms with Crippen molar-refractivity contribution in [1.82, 2.24) is 25.1 Å². The van der Waals surface area contributed by atoms with Crippen molar-refractivity contribution >= 4 is 34.5 Å². The number of nitrogen functional groups attached to an aromatic ring is 1. The predicted molar refractivity (Wildman–Crippen MR) is 111 cm³/mol. The number of aromatic amines is 1. The Morgan fingerprint density at radius 1 is 1.34 bits per heavy atom. The number of urea groups is 1. The Morgan fingerprint density at radius 3 is 2.90 bits per heavy atom. The van der Waals surface area contributed by atoms with E-state index in [0.717, 1.165) is 28.2 Å². The highest BCUT2D eigenvalue weighted by Crippen LogP contribution is 2.27. The SMILES string of the molecule is COc1ccc(NC(=O)N2CCN(c3nc(N)nc4[nH]ncc34)[C@@H](C)C2)c(C)c1. The predicted octanol–water partition coefficient (Wildman–Crippen LogP) is 1.99. The molecule has 152 valence electrons. The van der Waals surface area contributed by atoms with Gasteiger partial charge in [-0.15, -0.1) is 0 Å². The number of nitrogens with one attached hydrogen (secondary N) is 2. The highest BCUT2D eigenvalue weighted by Gasteiger charge is 2.29. The number of fused-ring (bicyclic) bond motifs is 1. The normalized spacial score (nSPS) is 16.9. The summed E-state index contributed by atoms with van der Waals surface area (Å²) in [6.07, 6.45) is 1.70. The van der Waals surface area contributed by atoms with Gasteiger partial charge in [0.15, 0.2) is 5.65 Å². The molecule has 1 fully saturated rings. The standard InChI is InChI=1S/C19H24N8O2/c1-11-8-13(29-3)4-5-15(11)22-19(28)26-6-7-27(12(2)10-26)17-14-9-21-25-16(14)23-18(20)24-17/h4-5,8-9,12H,6-7,10H2,1-3H3,(H,22,28)(H3,20,21,23,24,25)/t12-/m0/s1. The summed E-state index contributed by atoms with van der Waals surface area (Å²) in [5, 5.41) is 10.7. The van der Waals surface area contributed by atoms with Gasteiger partial charge in [0.25, 0.3) is 0 Å². The van der Waals surface area contributed by atoms with Gasteiger partial charge in [-0.05, 0) is 37.6 Å². The van der Waals surface area contributed by atoms with Crippen molar-refractivity contribution < 1.29 is 9.53 Å². The number of H-pyrrole nitrogens is 1. The summed E-state index contributed by atoms with van der Waals surface area (Å²) in [7, 11) is 1.62. The molecule has 0 saturated carbocycles. The number of hydrogen-bond donors (Lipinski definition) is 3. The van der Waals surface area contributed by atoms with Crippen molar-refractivity contribution in [3.8, 4) is 5.75 Å². The maximum atomic E-state index is 12.8. The second-order valence-electron chi connectivity index (χ2n) is 7.14. The molecule has 29 heavy (non-hydrogen) atoms. The van der Waals surface area contributed by atoms with E-state index >= 15 is 0 Å². The molecule has 1 aliphatic rings. The van der Waals surface area contributed by atoms with Crippen LogP contribution in [0.4, 0.5) is 22.2 Å². The lowest BCUT2D eigenvalue weighted by molar-refractivity contribution is 0.200. The van der Waals surface area contributed by atoms with Crippen LogP contribution in [-0.2, 0) is 0 Å². The van der Waals surface area contributed by atoms with Crippen LogP contribution in [0.5, 0.6) is 5.75 Å². The largest absolute Gasteiger partial charge is 0.497 e. The summed E-state index contributed by atoms with van der Waals surface area (Å²) in [5.41, 5.74) is 8.18. The molecule has 0 radical (unpaired) electrons. The Morgan fingerprint density at radius 2 is 2.17 bits per heavy atom. The molecule has 1 aromatic carbocycles. The molecule has 10 nitrogen and oxygen atoms in total. The van der Waals surface area contributed by atoms with Gasteiger partial charge in [-0.3, -0.25) is 5.10 Å². The molecule has 1 saturated heterocycles. The number of nitrogens with zero attached hydrogens (tertiary/aromatic N) is 5. The third-order valence-corrected chi connectivity index (χ3v) is 5.17. The van der Waals surface area contributed by atoms with Crippen LogP contribution in [0.2, 0.25) is 0 Å². The van der Waals surface area contributed by atoms with Gasteiger partial charge in [0.1, 0.15) is 11.6 Å². The van der Waals surface area contributed by atoms with E-state index in [2.05, 4.69) is 37.3 Å². The fourth-order valence-electron chi connectivity index (χ4n) is 3.61. The lowest BCUT2D eigenvalue weighted by Gasteiger charge is -2.40. The second-order valence-corrected chi connectivity index (χ2v) is 7.14. The summed E-state index contributed by atoms with van der Waals surface area (Å²) >= 11 is 0. The number of aryl methyl sites for hydroxylation is 1. The third kappa shape index (κ3) is 3.60. The van der Waals surface area contributed by atoms with Crippen molar-refractivity contribution in [3.63, 3.8) is 0 Å². The molecule has 4 N–H and O–H groups in total. The molecule has 1 aliphatic heterocycles. The zero-order valence-corrected chi connectivity index (χ0v) is 16.6. The Kier molecular flexibility index (Phi) is 4.83. The maximum Gasteiger partial charge on any atom is 0.321 e. The first-order valence-corrected chi connectivity index (χ1v) is 9.40. The molecule has 4 rings (SSSR count). The van der Waals surface area contributed by atoms with Crippen LogP contribution < -0.4 is 20.7 Å². The topological polar surface area (TPSA) is 125 Å². The number of methoxy groups -OCH3 is 1. The highest BCUT2D eigenvalue weighted by molar-refractivity contribution is 5.91. The molecular weight excluding hydrogens is 372 g/mol. The van der Waals surface area contributed by atoms with E-state index in [0.29, 0.717) is 25.3 Å². The van der Waals surface area contributed by atoms with E-state index in [-0.39, 0.29) is 18.0 Å². The number of hydrogen-bond acceptors (Lipinski definition) is 7. The Labute approximate surface area is 168 Å². The number of rotatable bonds is 3. The fraction of sp³-hybridized carbons (Fsp3) is 0.368. The minimum absolute atomic E-state index is 0.0545. The number of nitrogens with two attached hydrogens (primary N) is 1. The first kappa shape index (κ1) is 18.8. The Hall–Kier alpha value is -3.56. The number of carbonyl (C=O) groups is 1.